The van der Waals surface area contributed by atoms with Crippen LogP contribution in [0.3, 0.4) is 0 Å². The van der Waals surface area contributed by atoms with Crippen molar-refractivity contribution in [1.29, 1.82) is 0 Å². The number of fused-ring (bicyclic) bond motifs is 1. The first kappa shape index (κ1) is 24.2. The smallest absolute Gasteiger partial charge is 0.226 e. The molecule has 1 aliphatic rings. The molecule has 0 aromatic heterocycles. The number of amides is 2. The van der Waals surface area contributed by atoms with E-state index >= 15 is 0 Å². The summed E-state index contributed by atoms with van der Waals surface area (Å²) in [5, 5.41) is 6.20. The van der Waals surface area contributed by atoms with Crippen LogP contribution in [0.5, 0.6) is 0 Å². The molecule has 0 saturated carbocycles. The van der Waals surface area contributed by atoms with Crippen LogP contribution in [0.25, 0.3) is 10.8 Å². The molecule has 0 radical (unpaired) electrons. The van der Waals surface area contributed by atoms with Crippen LogP contribution in [0, 0.1) is 17.8 Å². The van der Waals surface area contributed by atoms with Crippen molar-refractivity contribution in [3.05, 3.63) is 48.0 Å². The third kappa shape index (κ3) is 6.10. The van der Waals surface area contributed by atoms with Gasteiger partial charge in [0.2, 0.25) is 11.8 Å². The molecule has 0 spiro atoms. The highest BCUT2D eigenvalue weighted by Crippen LogP contribution is 2.28. The summed E-state index contributed by atoms with van der Waals surface area (Å²) < 4.78 is 0. The van der Waals surface area contributed by atoms with E-state index < -0.39 is 0 Å². The second-order valence-electron chi connectivity index (χ2n) is 9.68. The summed E-state index contributed by atoms with van der Waals surface area (Å²) in [6.07, 6.45) is 4.26. The van der Waals surface area contributed by atoms with Gasteiger partial charge in [-0.1, -0.05) is 69.7 Å². The number of piperidine rings is 1. The Kier molecular flexibility index (Phi) is 8.68. The van der Waals surface area contributed by atoms with Gasteiger partial charge in [0.1, 0.15) is 0 Å². The van der Waals surface area contributed by atoms with Gasteiger partial charge in [0, 0.05) is 37.5 Å². The second kappa shape index (κ2) is 11.5. The summed E-state index contributed by atoms with van der Waals surface area (Å²) >= 11 is 0. The van der Waals surface area contributed by atoms with Gasteiger partial charge < -0.3 is 16.0 Å². The molecule has 3 atom stereocenters. The van der Waals surface area contributed by atoms with Crippen molar-refractivity contribution in [2.24, 2.45) is 23.5 Å². The fourth-order valence-corrected chi connectivity index (χ4v) is 5.08. The molecule has 0 aliphatic carbocycles. The number of nitrogens with one attached hydrogen (secondary N) is 1. The summed E-state index contributed by atoms with van der Waals surface area (Å²) in [6.45, 7) is 8.49. The molecule has 1 aliphatic heterocycles. The Morgan fingerprint density at radius 1 is 1.12 bits per heavy atom. The number of nitrogens with zero attached hydrogens (tertiary/aromatic N) is 1. The average molecular weight is 438 g/mol. The quantitative estimate of drug-likeness (QED) is 0.575. The van der Waals surface area contributed by atoms with Crippen molar-refractivity contribution in [3.8, 4) is 0 Å². The number of likely N-dealkylation sites (tertiary alicyclic amines) is 1. The van der Waals surface area contributed by atoms with E-state index in [1.807, 2.05) is 11.8 Å². The number of hydrogen-bond donors (Lipinski definition) is 2. The maximum Gasteiger partial charge on any atom is 0.226 e. The summed E-state index contributed by atoms with van der Waals surface area (Å²) in [5.41, 5.74) is 7.01. The number of primary amides is 1. The Balaban J connectivity index is 1.67. The van der Waals surface area contributed by atoms with E-state index in [9.17, 15) is 9.59 Å². The second-order valence-corrected chi connectivity index (χ2v) is 9.68. The minimum Gasteiger partial charge on any atom is -0.369 e. The lowest BCUT2D eigenvalue weighted by molar-refractivity contribution is -0.143. The molecule has 2 aromatic rings. The van der Waals surface area contributed by atoms with E-state index in [-0.39, 0.29) is 29.7 Å². The lowest BCUT2D eigenvalue weighted by Crippen LogP contribution is -2.51. The topological polar surface area (TPSA) is 75.4 Å². The molecule has 0 bridgehead atoms. The number of carbonyl (C=O) groups excluding carboxylic acids is 2. The molecule has 2 aromatic carbocycles. The number of benzene rings is 2. The van der Waals surface area contributed by atoms with Gasteiger partial charge in [-0.05, 0) is 47.9 Å². The van der Waals surface area contributed by atoms with Gasteiger partial charge in [0.15, 0.2) is 0 Å². The predicted molar refractivity (Wildman–Crippen MR) is 131 cm³/mol. The highest BCUT2D eigenvalue weighted by molar-refractivity contribution is 5.87. The van der Waals surface area contributed by atoms with Crippen LogP contribution in [-0.4, -0.2) is 35.8 Å². The summed E-state index contributed by atoms with van der Waals surface area (Å²) in [4.78, 5) is 27.7. The van der Waals surface area contributed by atoms with E-state index in [0.717, 1.165) is 32.4 Å². The third-order valence-corrected chi connectivity index (χ3v) is 6.69. The van der Waals surface area contributed by atoms with Crippen molar-refractivity contribution in [2.45, 2.75) is 65.5 Å². The maximum atomic E-state index is 13.5. The zero-order valence-corrected chi connectivity index (χ0v) is 19.8. The number of rotatable bonds is 10. The Labute approximate surface area is 192 Å². The van der Waals surface area contributed by atoms with Crippen molar-refractivity contribution < 1.29 is 9.59 Å². The van der Waals surface area contributed by atoms with Crippen molar-refractivity contribution in [3.63, 3.8) is 0 Å². The van der Waals surface area contributed by atoms with Gasteiger partial charge in [-0.3, -0.25) is 9.59 Å². The van der Waals surface area contributed by atoms with Crippen LogP contribution >= 0.6 is 0 Å². The van der Waals surface area contributed by atoms with Gasteiger partial charge >= 0.3 is 0 Å². The first-order valence-electron chi connectivity index (χ1n) is 12.2. The third-order valence-electron chi connectivity index (χ3n) is 6.69. The van der Waals surface area contributed by atoms with Crippen LogP contribution in [0.2, 0.25) is 0 Å². The fraction of sp³-hybridized carbons (Fsp3) is 0.556. The molecule has 32 heavy (non-hydrogen) atoms. The molecular formula is C27H39N3O2. The number of nitrogens with two attached hydrogens (primary N) is 1. The summed E-state index contributed by atoms with van der Waals surface area (Å²) in [7, 11) is 0. The van der Waals surface area contributed by atoms with Gasteiger partial charge in [-0.15, -0.1) is 0 Å². The van der Waals surface area contributed by atoms with Gasteiger partial charge in [-0.2, -0.15) is 0 Å². The van der Waals surface area contributed by atoms with E-state index in [1.165, 1.54) is 16.3 Å². The van der Waals surface area contributed by atoms with E-state index in [4.69, 9.17) is 5.73 Å². The molecule has 1 unspecified atom stereocenters. The molecule has 5 heteroatoms. The standard InChI is InChI=1S/C27H39N3O2/c1-4-9-24(26(28)31)25(16-19(2)3)27(32)30-15-8-13-22(18-30)29-17-21-12-7-11-20-10-5-6-14-23(20)21/h5-7,10-12,14,19,22,24-25,29H,4,8-9,13,15-18H2,1-3H3,(H2,28,31)/t22?,24-,25-/m1/s1. The SMILES string of the molecule is CCC[C@@H](C(N)=O)[C@@H](CC(C)C)C(=O)N1CCCC(NCc2cccc3ccccc23)C1. The molecule has 1 fully saturated rings. The molecule has 3 rings (SSSR count). The zero-order chi connectivity index (χ0) is 23.1. The van der Waals surface area contributed by atoms with Crippen LogP contribution in [-0.2, 0) is 16.1 Å². The minimum absolute atomic E-state index is 0.104. The van der Waals surface area contributed by atoms with Gasteiger partial charge in [0.05, 0.1) is 0 Å². The number of carbonyl (C=O) groups is 2. The monoisotopic (exact) mass is 437 g/mol. The predicted octanol–water partition coefficient (Wildman–Crippen LogP) is 4.48. The normalized spacial score (nSPS) is 18.6. The van der Waals surface area contributed by atoms with E-state index in [1.54, 1.807) is 0 Å². The molecule has 1 heterocycles. The Morgan fingerprint density at radius 2 is 1.88 bits per heavy atom. The minimum atomic E-state index is -0.376. The lowest BCUT2D eigenvalue weighted by Gasteiger charge is -2.37. The fourth-order valence-electron chi connectivity index (χ4n) is 5.08. The van der Waals surface area contributed by atoms with Crippen LogP contribution in [0.4, 0.5) is 0 Å². The summed E-state index contributed by atoms with van der Waals surface area (Å²) in [6, 6.07) is 15.1. The molecular weight excluding hydrogens is 398 g/mol. The Bertz CT molecular complexity index is 905. The van der Waals surface area contributed by atoms with Crippen molar-refractivity contribution >= 4 is 22.6 Å². The molecule has 5 nitrogen and oxygen atoms in total. The number of hydrogen-bond acceptors (Lipinski definition) is 3. The highest BCUT2D eigenvalue weighted by Gasteiger charge is 2.36. The molecule has 174 valence electrons. The maximum absolute atomic E-state index is 13.5. The highest BCUT2D eigenvalue weighted by atomic mass is 16.2. The molecule has 2 amide bonds. The van der Waals surface area contributed by atoms with Crippen LogP contribution in [0.1, 0.15) is 58.4 Å². The molecule has 3 N–H and O–H groups in total. The largest absolute Gasteiger partial charge is 0.369 e. The van der Waals surface area contributed by atoms with Crippen molar-refractivity contribution in [1.82, 2.24) is 10.2 Å². The van der Waals surface area contributed by atoms with E-state index in [2.05, 4.69) is 61.6 Å². The lowest BCUT2D eigenvalue weighted by atomic mass is 9.81. The van der Waals surface area contributed by atoms with Crippen molar-refractivity contribution in [2.75, 3.05) is 13.1 Å². The van der Waals surface area contributed by atoms with E-state index in [0.29, 0.717) is 25.3 Å². The van der Waals surface area contributed by atoms with Crippen LogP contribution < -0.4 is 11.1 Å². The summed E-state index contributed by atoms with van der Waals surface area (Å²) in [5.74, 6) is -0.586. The first-order chi connectivity index (χ1) is 15.4. The Hall–Kier alpha value is -2.40. The van der Waals surface area contributed by atoms with Gasteiger partial charge in [0.25, 0.3) is 0 Å². The Morgan fingerprint density at radius 3 is 2.59 bits per heavy atom. The average Bonchev–Trinajstić information content (AvgIpc) is 2.79. The molecule has 1 saturated heterocycles. The van der Waals surface area contributed by atoms with Crippen LogP contribution in [0.15, 0.2) is 42.5 Å². The zero-order valence-electron chi connectivity index (χ0n) is 19.8. The first-order valence-corrected chi connectivity index (χ1v) is 12.2. The van der Waals surface area contributed by atoms with Gasteiger partial charge in [-0.25, -0.2) is 0 Å².